The van der Waals surface area contributed by atoms with Crippen LogP contribution in [0.15, 0.2) is 30.3 Å². The number of hydrogen-bond donors (Lipinski definition) is 2. The number of nitrogens with zero attached hydrogens (tertiary/aromatic N) is 3. The molecule has 2 aromatic rings. The van der Waals surface area contributed by atoms with Gasteiger partial charge in [-0.1, -0.05) is 18.2 Å². The summed E-state index contributed by atoms with van der Waals surface area (Å²) in [6, 6.07) is 8.93. The number of benzene rings is 1. The van der Waals surface area contributed by atoms with Crippen LogP contribution in [-0.2, 0) is 19.1 Å². The van der Waals surface area contributed by atoms with Crippen LogP contribution in [-0.4, -0.2) is 65.2 Å². The first kappa shape index (κ1) is 20.5. The maximum Gasteiger partial charge on any atom is 0.307 e. The van der Waals surface area contributed by atoms with Crippen LogP contribution in [0.2, 0.25) is 0 Å². The van der Waals surface area contributed by atoms with E-state index in [1.165, 1.54) is 7.11 Å². The molecular weight excluding hydrogens is 374 g/mol. The number of nitrogens with one attached hydrogen (secondary N) is 2. The quantitative estimate of drug-likeness (QED) is 0.696. The van der Waals surface area contributed by atoms with E-state index in [9.17, 15) is 14.4 Å². The molecule has 2 N–H and O–H groups in total. The third-order valence-corrected chi connectivity index (χ3v) is 4.93. The Morgan fingerprint density at radius 3 is 2.69 bits per heavy atom. The molecule has 1 aliphatic heterocycles. The van der Waals surface area contributed by atoms with Crippen LogP contribution in [0.25, 0.3) is 5.69 Å². The van der Waals surface area contributed by atoms with Gasteiger partial charge < -0.3 is 15.4 Å². The van der Waals surface area contributed by atoms with Crippen molar-refractivity contribution < 1.29 is 19.1 Å². The second-order valence-corrected chi connectivity index (χ2v) is 6.90. The van der Waals surface area contributed by atoms with Crippen molar-refractivity contribution in [3.05, 3.63) is 41.7 Å². The third-order valence-electron chi connectivity index (χ3n) is 4.93. The Morgan fingerprint density at radius 1 is 1.28 bits per heavy atom. The highest BCUT2D eigenvalue weighted by atomic mass is 16.5. The smallest absolute Gasteiger partial charge is 0.307 e. The molecule has 9 heteroatoms. The number of rotatable bonds is 6. The van der Waals surface area contributed by atoms with Gasteiger partial charge in [0.05, 0.1) is 42.8 Å². The van der Waals surface area contributed by atoms with E-state index >= 15 is 0 Å². The highest BCUT2D eigenvalue weighted by molar-refractivity contribution is 5.94. The SMILES string of the molecule is COC(=O)C[C@H]1C(=O)NCCN1CC(=O)Nc1c(C)nn(-c2ccccc2)c1C. The van der Waals surface area contributed by atoms with Gasteiger partial charge in [-0.15, -0.1) is 0 Å². The van der Waals surface area contributed by atoms with Crippen LogP contribution >= 0.6 is 0 Å². The summed E-state index contributed by atoms with van der Waals surface area (Å²) in [5.74, 6) is -1.04. The lowest BCUT2D eigenvalue weighted by Crippen LogP contribution is -2.57. The summed E-state index contributed by atoms with van der Waals surface area (Å²) >= 11 is 0. The molecule has 0 saturated carbocycles. The average molecular weight is 399 g/mol. The van der Waals surface area contributed by atoms with Gasteiger partial charge in [0.25, 0.3) is 0 Å². The fourth-order valence-electron chi connectivity index (χ4n) is 3.42. The number of esters is 1. The molecule has 1 fully saturated rings. The van der Waals surface area contributed by atoms with Crippen molar-refractivity contribution >= 4 is 23.5 Å². The number of anilines is 1. The lowest BCUT2D eigenvalue weighted by atomic mass is 10.1. The number of methoxy groups -OCH3 is 1. The molecule has 3 rings (SSSR count). The van der Waals surface area contributed by atoms with Crippen molar-refractivity contribution in [2.75, 3.05) is 32.1 Å². The van der Waals surface area contributed by atoms with E-state index in [0.717, 1.165) is 11.4 Å². The maximum absolute atomic E-state index is 12.7. The third kappa shape index (κ3) is 4.62. The fraction of sp³-hybridized carbons (Fsp3) is 0.400. The summed E-state index contributed by atoms with van der Waals surface area (Å²) < 4.78 is 6.45. The largest absolute Gasteiger partial charge is 0.469 e. The van der Waals surface area contributed by atoms with E-state index in [2.05, 4.69) is 20.5 Å². The van der Waals surface area contributed by atoms with Crippen LogP contribution in [0.5, 0.6) is 0 Å². The van der Waals surface area contributed by atoms with E-state index in [1.54, 1.807) is 9.58 Å². The summed E-state index contributed by atoms with van der Waals surface area (Å²) in [5.41, 5.74) is 3.05. The first-order chi connectivity index (χ1) is 13.9. The Balaban J connectivity index is 1.72. The second-order valence-electron chi connectivity index (χ2n) is 6.90. The summed E-state index contributed by atoms with van der Waals surface area (Å²) in [6.45, 7) is 4.60. The van der Waals surface area contributed by atoms with Crippen LogP contribution in [0.1, 0.15) is 17.8 Å². The molecule has 9 nitrogen and oxygen atoms in total. The first-order valence-electron chi connectivity index (χ1n) is 9.40. The molecular formula is C20H25N5O4. The number of para-hydroxylation sites is 1. The van der Waals surface area contributed by atoms with Crippen molar-refractivity contribution in [2.24, 2.45) is 0 Å². The molecule has 29 heavy (non-hydrogen) atoms. The predicted octanol–water partition coefficient (Wildman–Crippen LogP) is 0.791. The Morgan fingerprint density at radius 2 is 2.00 bits per heavy atom. The normalized spacial score (nSPS) is 16.9. The predicted molar refractivity (Wildman–Crippen MR) is 107 cm³/mol. The highest BCUT2D eigenvalue weighted by Gasteiger charge is 2.33. The van der Waals surface area contributed by atoms with E-state index < -0.39 is 12.0 Å². The van der Waals surface area contributed by atoms with Crippen LogP contribution in [0.3, 0.4) is 0 Å². The summed E-state index contributed by atoms with van der Waals surface area (Å²) in [6.07, 6.45) is -0.0976. The molecule has 0 unspecified atom stereocenters. The van der Waals surface area contributed by atoms with Crippen molar-refractivity contribution in [1.82, 2.24) is 20.0 Å². The first-order valence-corrected chi connectivity index (χ1v) is 9.40. The van der Waals surface area contributed by atoms with Crippen molar-refractivity contribution in [3.8, 4) is 5.69 Å². The molecule has 1 aromatic heterocycles. The van der Waals surface area contributed by atoms with Gasteiger partial charge in [0, 0.05) is 13.1 Å². The molecule has 1 aromatic carbocycles. The Kier molecular flexibility index (Phi) is 6.28. The van der Waals surface area contributed by atoms with E-state index in [-0.39, 0.29) is 24.8 Å². The number of hydrogen-bond acceptors (Lipinski definition) is 6. The monoisotopic (exact) mass is 399 g/mol. The number of piperazine rings is 1. The molecule has 0 radical (unpaired) electrons. The van der Waals surface area contributed by atoms with Crippen molar-refractivity contribution in [2.45, 2.75) is 26.3 Å². The zero-order valence-corrected chi connectivity index (χ0v) is 16.8. The van der Waals surface area contributed by atoms with E-state index in [4.69, 9.17) is 0 Å². The standard InChI is InChI=1S/C20H25N5O4/c1-13-19(14(2)25(23-13)15-7-5-4-6-8-15)22-17(26)12-24-10-9-21-20(28)16(24)11-18(27)29-3/h4-8,16H,9-12H2,1-3H3,(H,21,28)(H,22,26)/t16-/m0/s1. The lowest BCUT2D eigenvalue weighted by molar-refractivity contribution is -0.146. The Hall–Kier alpha value is -3.20. The molecule has 2 heterocycles. The Labute approximate surface area is 169 Å². The number of aromatic nitrogens is 2. The second kappa shape index (κ2) is 8.87. The number of carbonyl (C=O) groups excluding carboxylic acids is 3. The van der Waals surface area contributed by atoms with E-state index in [1.807, 2.05) is 44.2 Å². The minimum absolute atomic E-state index is 0.00945. The van der Waals surface area contributed by atoms with Crippen molar-refractivity contribution in [1.29, 1.82) is 0 Å². The van der Waals surface area contributed by atoms with Gasteiger partial charge >= 0.3 is 5.97 Å². The number of amides is 2. The summed E-state index contributed by atoms with van der Waals surface area (Å²) in [4.78, 5) is 38.2. The molecule has 1 atom stereocenters. The number of aryl methyl sites for hydroxylation is 1. The van der Waals surface area contributed by atoms with Crippen LogP contribution in [0, 0.1) is 13.8 Å². The Bertz CT molecular complexity index is 909. The van der Waals surface area contributed by atoms with Gasteiger partial charge in [-0.3, -0.25) is 19.3 Å². The molecule has 2 amide bonds. The maximum atomic E-state index is 12.7. The molecule has 0 spiro atoms. The van der Waals surface area contributed by atoms with Crippen molar-refractivity contribution in [3.63, 3.8) is 0 Å². The molecule has 0 aliphatic carbocycles. The number of ether oxygens (including phenoxy) is 1. The van der Waals surface area contributed by atoms with Gasteiger partial charge in [-0.2, -0.15) is 5.10 Å². The van der Waals surface area contributed by atoms with Gasteiger partial charge in [-0.25, -0.2) is 4.68 Å². The fourth-order valence-corrected chi connectivity index (χ4v) is 3.42. The minimum atomic E-state index is -0.726. The summed E-state index contributed by atoms with van der Waals surface area (Å²) in [5, 5.41) is 10.1. The van der Waals surface area contributed by atoms with E-state index in [0.29, 0.717) is 24.5 Å². The van der Waals surface area contributed by atoms with Crippen LogP contribution < -0.4 is 10.6 Å². The zero-order chi connectivity index (χ0) is 21.0. The lowest BCUT2D eigenvalue weighted by Gasteiger charge is -2.33. The van der Waals surface area contributed by atoms with Gasteiger partial charge in [0.15, 0.2) is 0 Å². The van der Waals surface area contributed by atoms with Gasteiger partial charge in [0.1, 0.15) is 6.04 Å². The molecule has 1 saturated heterocycles. The summed E-state index contributed by atoms with van der Waals surface area (Å²) in [7, 11) is 1.27. The van der Waals surface area contributed by atoms with Gasteiger partial charge in [0.2, 0.25) is 11.8 Å². The topological polar surface area (TPSA) is 106 Å². The molecule has 0 bridgehead atoms. The number of carbonyl (C=O) groups is 3. The van der Waals surface area contributed by atoms with Crippen LogP contribution in [0.4, 0.5) is 5.69 Å². The highest BCUT2D eigenvalue weighted by Crippen LogP contribution is 2.23. The zero-order valence-electron chi connectivity index (χ0n) is 16.8. The molecule has 1 aliphatic rings. The minimum Gasteiger partial charge on any atom is -0.469 e. The average Bonchev–Trinajstić information content (AvgIpc) is 2.99. The van der Waals surface area contributed by atoms with Gasteiger partial charge in [-0.05, 0) is 26.0 Å². The molecule has 154 valence electrons.